The van der Waals surface area contributed by atoms with Gasteiger partial charge < -0.3 is 0 Å². The molecule has 0 aliphatic carbocycles. The van der Waals surface area contributed by atoms with E-state index >= 15 is 0 Å². The van der Waals surface area contributed by atoms with Crippen LogP contribution in [-0.2, 0) is 0 Å². The number of benzene rings is 1. The van der Waals surface area contributed by atoms with E-state index in [1.807, 2.05) is 24.3 Å². The molecule has 0 bridgehead atoms. The van der Waals surface area contributed by atoms with E-state index in [4.69, 9.17) is 0 Å². The summed E-state index contributed by atoms with van der Waals surface area (Å²) in [6, 6.07) is 10.9. The highest BCUT2D eigenvalue weighted by molar-refractivity contribution is 9.10. The van der Waals surface area contributed by atoms with Crippen LogP contribution in [-0.4, -0.2) is 10.9 Å². The van der Waals surface area contributed by atoms with Gasteiger partial charge in [0.15, 0.2) is 0 Å². The molecule has 0 fully saturated rings. The van der Waals surface area contributed by atoms with Gasteiger partial charge in [-0.3, -0.25) is 20.6 Å². The quantitative estimate of drug-likeness (QED) is 0.852. The molecule has 1 aromatic heterocycles. The summed E-state index contributed by atoms with van der Waals surface area (Å²) in [5.74, 6) is -0.237. The Morgan fingerprint density at radius 2 is 1.84 bits per heavy atom. The number of rotatable bonds is 4. The van der Waals surface area contributed by atoms with Gasteiger partial charge in [-0.1, -0.05) is 34.6 Å². The summed E-state index contributed by atoms with van der Waals surface area (Å²) in [5, 5.41) is 0. The van der Waals surface area contributed by atoms with Crippen molar-refractivity contribution >= 4 is 27.5 Å². The number of nitrogens with zero attached hydrogens (tertiary/aromatic N) is 1. The van der Waals surface area contributed by atoms with Gasteiger partial charge in [-0.15, -0.1) is 0 Å². The molecule has 0 unspecified atom stereocenters. The summed E-state index contributed by atoms with van der Waals surface area (Å²) in [6.07, 6.45) is 3.14. The average molecular weight is 318 g/mol. The molecule has 2 N–H and O–H groups in total. The first-order chi connectivity index (χ1) is 9.16. The van der Waals surface area contributed by atoms with Crippen LogP contribution >= 0.6 is 15.9 Å². The van der Waals surface area contributed by atoms with Crippen molar-refractivity contribution in [1.82, 2.24) is 15.8 Å². The third-order valence-corrected chi connectivity index (χ3v) is 2.94. The monoisotopic (exact) mass is 317 g/mol. The molecule has 2 aromatic rings. The lowest BCUT2D eigenvalue weighted by atomic mass is 10.2. The number of hydrogen-bond acceptors (Lipinski definition) is 3. The highest BCUT2D eigenvalue weighted by atomic mass is 79.9. The van der Waals surface area contributed by atoms with Gasteiger partial charge in [-0.25, -0.2) is 0 Å². The van der Waals surface area contributed by atoms with E-state index in [9.17, 15) is 4.79 Å². The zero-order chi connectivity index (χ0) is 13.7. The first-order valence-electron chi connectivity index (χ1n) is 5.58. The van der Waals surface area contributed by atoms with E-state index in [1.165, 1.54) is 0 Å². The van der Waals surface area contributed by atoms with Gasteiger partial charge in [-0.2, -0.15) is 0 Å². The Morgan fingerprint density at radius 1 is 1.11 bits per heavy atom. The van der Waals surface area contributed by atoms with Crippen molar-refractivity contribution in [1.29, 1.82) is 0 Å². The fraction of sp³-hybridized carbons (Fsp3) is 0. The molecule has 0 aliphatic heterocycles. The number of hydrazine groups is 1. The van der Waals surface area contributed by atoms with E-state index in [0.717, 1.165) is 10.0 Å². The topological polar surface area (TPSA) is 54.0 Å². The van der Waals surface area contributed by atoms with Crippen LogP contribution in [0.2, 0.25) is 0 Å². The lowest BCUT2D eigenvalue weighted by Gasteiger charge is -2.11. The third kappa shape index (κ3) is 3.66. The van der Waals surface area contributed by atoms with Crippen molar-refractivity contribution in [2.24, 2.45) is 0 Å². The molecule has 19 heavy (non-hydrogen) atoms. The Morgan fingerprint density at radius 3 is 2.53 bits per heavy atom. The summed E-state index contributed by atoms with van der Waals surface area (Å²) >= 11 is 3.38. The molecule has 2 rings (SSSR count). The molecule has 0 spiro atoms. The van der Waals surface area contributed by atoms with Gasteiger partial charge in [-0.05, 0) is 29.8 Å². The number of hydrogen-bond donors (Lipinski definition) is 2. The Hall–Kier alpha value is -2.14. The van der Waals surface area contributed by atoms with Crippen LogP contribution in [0.3, 0.4) is 0 Å². The highest BCUT2D eigenvalue weighted by Gasteiger charge is 2.05. The number of carbonyl (C=O) groups is 1. The average Bonchev–Trinajstić information content (AvgIpc) is 2.45. The lowest BCUT2D eigenvalue weighted by molar-refractivity contribution is 0.0942. The predicted octanol–water partition coefficient (Wildman–Crippen LogP) is 2.75. The van der Waals surface area contributed by atoms with E-state index in [1.54, 1.807) is 24.5 Å². The minimum Gasteiger partial charge on any atom is -0.298 e. The lowest BCUT2D eigenvalue weighted by Crippen LogP contribution is -2.35. The van der Waals surface area contributed by atoms with Gasteiger partial charge in [0.2, 0.25) is 0 Å². The Bertz CT molecular complexity index is 599. The summed E-state index contributed by atoms with van der Waals surface area (Å²) in [5.41, 5.74) is 7.41. The van der Waals surface area contributed by atoms with Crippen LogP contribution in [0.1, 0.15) is 15.9 Å². The first-order valence-corrected chi connectivity index (χ1v) is 6.37. The minimum atomic E-state index is -0.237. The number of carbonyl (C=O) groups excluding carboxylic acids is 1. The highest BCUT2D eigenvalue weighted by Crippen LogP contribution is 2.15. The Balaban J connectivity index is 1.96. The van der Waals surface area contributed by atoms with Gasteiger partial charge in [0.25, 0.3) is 5.91 Å². The van der Waals surface area contributed by atoms with Crippen LogP contribution in [0.15, 0.2) is 59.8 Å². The van der Waals surface area contributed by atoms with E-state index in [2.05, 4.69) is 38.3 Å². The standard InChI is InChI=1S/C14H12BrN3O/c1-10(12-3-2-4-13(15)9-12)17-18-14(19)11-5-7-16-8-6-11/h2-9,17H,1H2,(H,18,19). The summed E-state index contributed by atoms with van der Waals surface area (Å²) < 4.78 is 0.952. The molecule has 1 heterocycles. The van der Waals surface area contributed by atoms with Crippen molar-refractivity contribution in [3.05, 3.63) is 71.0 Å². The second-order valence-electron chi connectivity index (χ2n) is 3.80. The Labute approximate surface area is 119 Å². The molecule has 0 saturated heterocycles. The normalized spacial score (nSPS) is 9.74. The summed E-state index contributed by atoms with van der Waals surface area (Å²) in [4.78, 5) is 15.7. The maximum absolute atomic E-state index is 11.8. The smallest absolute Gasteiger partial charge is 0.269 e. The molecule has 4 nitrogen and oxygen atoms in total. The largest absolute Gasteiger partial charge is 0.298 e. The Kier molecular flexibility index (Phi) is 4.30. The van der Waals surface area contributed by atoms with E-state index in [0.29, 0.717) is 11.3 Å². The fourth-order valence-electron chi connectivity index (χ4n) is 1.46. The maximum Gasteiger partial charge on any atom is 0.269 e. The predicted molar refractivity (Wildman–Crippen MR) is 78.0 cm³/mol. The maximum atomic E-state index is 11.8. The van der Waals surface area contributed by atoms with Crippen molar-refractivity contribution in [3.63, 3.8) is 0 Å². The molecule has 1 aromatic carbocycles. The fourth-order valence-corrected chi connectivity index (χ4v) is 1.86. The molecule has 1 amide bonds. The summed E-state index contributed by atoms with van der Waals surface area (Å²) in [7, 11) is 0. The molecule has 0 aliphatic rings. The zero-order valence-corrected chi connectivity index (χ0v) is 11.6. The van der Waals surface area contributed by atoms with Crippen LogP contribution < -0.4 is 10.9 Å². The first kappa shape index (κ1) is 13.3. The minimum absolute atomic E-state index is 0.237. The van der Waals surface area contributed by atoms with Crippen LogP contribution in [0.25, 0.3) is 5.70 Å². The van der Waals surface area contributed by atoms with Gasteiger partial charge in [0.05, 0.1) is 5.70 Å². The second kappa shape index (κ2) is 6.15. The van der Waals surface area contributed by atoms with Crippen LogP contribution in [0.5, 0.6) is 0 Å². The van der Waals surface area contributed by atoms with Crippen molar-refractivity contribution in [2.75, 3.05) is 0 Å². The SMILES string of the molecule is C=C(NNC(=O)c1ccncc1)c1cccc(Br)c1. The molecule has 0 atom stereocenters. The van der Waals surface area contributed by atoms with Crippen LogP contribution in [0.4, 0.5) is 0 Å². The zero-order valence-electron chi connectivity index (χ0n) is 10.1. The van der Waals surface area contributed by atoms with Crippen molar-refractivity contribution < 1.29 is 4.79 Å². The van der Waals surface area contributed by atoms with Crippen LogP contribution in [0, 0.1) is 0 Å². The number of pyridine rings is 1. The molecule has 5 heteroatoms. The van der Waals surface area contributed by atoms with Crippen molar-refractivity contribution in [3.8, 4) is 0 Å². The number of halogens is 1. The van der Waals surface area contributed by atoms with E-state index in [-0.39, 0.29) is 5.91 Å². The molecular weight excluding hydrogens is 306 g/mol. The van der Waals surface area contributed by atoms with Gasteiger partial charge in [0.1, 0.15) is 0 Å². The molecule has 0 radical (unpaired) electrons. The van der Waals surface area contributed by atoms with E-state index < -0.39 is 0 Å². The molecule has 96 valence electrons. The third-order valence-electron chi connectivity index (χ3n) is 2.44. The molecular formula is C14H12BrN3O. The molecule has 0 saturated carbocycles. The summed E-state index contributed by atoms with van der Waals surface area (Å²) in [6.45, 7) is 3.87. The van der Waals surface area contributed by atoms with Crippen molar-refractivity contribution in [2.45, 2.75) is 0 Å². The number of aromatic nitrogens is 1. The van der Waals surface area contributed by atoms with Gasteiger partial charge in [0, 0.05) is 22.4 Å². The number of amides is 1. The number of nitrogens with one attached hydrogen (secondary N) is 2. The second-order valence-corrected chi connectivity index (χ2v) is 4.72. The van der Waals surface area contributed by atoms with Gasteiger partial charge >= 0.3 is 0 Å².